The normalized spacial score (nSPS) is 10.6. The largest absolute Gasteiger partial charge is 0.397 e. The van der Waals surface area contributed by atoms with Gasteiger partial charge in [-0.2, -0.15) is 0 Å². The molecule has 1 aromatic heterocycles. The molecule has 4 N–H and O–H groups in total. The summed E-state index contributed by atoms with van der Waals surface area (Å²) in [4.78, 5) is 15.6. The van der Waals surface area contributed by atoms with Crippen LogP contribution in [0.5, 0.6) is 0 Å². The highest BCUT2D eigenvalue weighted by Crippen LogP contribution is 2.18. The number of nitrogens with two attached hydrogens (primary N) is 1. The maximum atomic E-state index is 11.7. The second kappa shape index (κ2) is 5.14. The summed E-state index contributed by atoms with van der Waals surface area (Å²) in [6, 6.07) is 1.74. The Morgan fingerprint density at radius 2 is 2.19 bits per heavy atom. The van der Waals surface area contributed by atoms with Crippen molar-refractivity contribution < 1.29 is 4.79 Å². The summed E-state index contributed by atoms with van der Waals surface area (Å²) in [6.45, 7) is 5.58. The predicted molar refractivity (Wildman–Crippen MR) is 64.1 cm³/mol. The average Bonchev–Trinajstić information content (AvgIpc) is 2.19. The third kappa shape index (κ3) is 3.08. The van der Waals surface area contributed by atoms with Crippen molar-refractivity contribution >= 4 is 23.2 Å². The van der Waals surface area contributed by atoms with E-state index in [-0.39, 0.29) is 16.9 Å². The molecule has 1 aromatic rings. The van der Waals surface area contributed by atoms with Crippen molar-refractivity contribution in [1.29, 1.82) is 0 Å². The van der Waals surface area contributed by atoms with Gasteiger partial charge in [-0.15, -0.1) is 0 Å². The van der Waals surface area contributed by atoms with Crippen LogP contribution in [0.1, 0.15) is 29.9 Å². The van der Waals surface area contributed by atoms with Gasteiger partial charge in [0.1, 0.15) is 5.15 Å². The maximum absolute atomic E-state index is 11.7. The zero-order valence-corrected chi connectivity index (χ0v) is 10.2. The minimum absolute atomic E-state index is 0.130. The molecule has 0 radical (unpaired) electrons. The van der Waals surface area contributed by atoms with Crippen LogP contribution >= 0.6 is 11.6 Å². The number of carbonyl (C=O) groups is 1. The quantitative estimate of drug-likeness (QED) is 0.551. The fourth-order valence-corrected chi connectivity index (χ4v) is 1.33. The Bertz CT molecular complexity index is 406. The molecule has 0 atom stereocenters. The van der Waals surface area contributed by atoms with E-state index in [4.69, 9.17) is 17.3 Å². The fraction of sp³-hybridized carbons (Fsp3) is 0.400. The van der Waals surface area contributed by atoms with E-state index in [1.54, 1.807) is 13.0 Å². The number of nitrogen functional groups attached to an aromatic ring is 1. The third-order valence-electron chi connectivity index (χ3n) is 1.92. The van der Waals surface area contributed by atoms with E-state index in [9.17, 15) is 4.79 Å². The Labute approximate surface area is 99.4 Å². The summed E-state index contributed by atoms with van der Waals surface area (Å²) in [5.41, 5.74) is 12.2. The Hall–Kier alpha value is -1.33. The van der Waals surface area contributed by atoms with Crippen molar-refractivity contribution in [2.75, 3.05) is 5.73 Å². The van der Waals surface area contributed by atoms with E-state index in [1.807, 2.05) is 13.8 Å². The highest BCUT2D eigenvalue weighted by molar-refractivity contribution is 6.29. The maximum Gasteiger partial charge on any atom is 0.286 e. The molecule has 6 heteroatoms. The van der Waals surface area contributed by atoms with E-state index >= 15 is 0 Å². The summed E-state index contributed by atoms with van der Waals surface area (Å²) in [6.07, 6.45) is 0. The number of carbonyl (C=O) groups excluding carboxylic acids is 1. The lowest BCUT2D eigenvalue weighted by atomic mass is 10.2. The molecule has 0 aliphatic heterocycles. The van der Waals surface area contributed by atoms with Crippen LogP contribution < -0.4 is 16.6 Å². The molecule has 16 heavy (non-hydrogen) atoms. The molecule has 0 fully saturated rings. The van der Waals surface area contributed by atoms with Gasteiger partial charge in [0.05, 0.1) is 5.69 Å². The third-order valence-corrected chi connectivity index (χ3v) is 2.12. The van der Waals surface area contributed by atoms with Gasteiger partial charge in [-0.3, -0.25) is 10.2 Å². The van der Waals surface area contributed by atoms with E-state index < -0.39 is 5.91 Å². The number of pyridine rings is 1. The van der Waals surface area contributed by atoms with Crippen molar-refractivity contribution in [3.8, 4) is 0 Å². The van der Waals surface area contributed by atoms with Crippen molar-refractivity contribution in [2.45, 2.75) is 26.8 Å². The van der Waals surface area contributed by atoms with Crippen molar-refractivity contribution in [1.82, 2.24) is 15.8 Å². The first-order chi connectivity index (χ1) is 7.41. The number of amides is 1. The van der Waals surface area contributed by atoms with Crippen molar-refractivity contribution in [3.05, 3.63) is 22.5 Å². The Morgan fingerprint density at radius 1 is 1.56 bits per heavy atom. The van der Waals surface area contributed by atoms with E-state index in [0.29, 0.717) is 5.69 Å². The molecule has 1 heterocycles. The molecule has 1 amide bonds. The van der Waals surface area contributed by atoms with Crippen LogP contribution in [0.4, 0.5) is 5.69 Å². The van der Waals surface area contributed by atoms with Gasteiger partial charge in [0.15, 0.2) is 5.69 Å². The minimum Gasteiger partial charge on any atom is -0.397 e. The molecule has 0 spiro atoms. The first kappa shape index (κ1) is 12.7. The molecule has 88 valence electrons. The SMILES string of the molecule is Cc1cc(Cl)nc(C(=O)NNC(C)C)c1N. The number of aromatic nitrogens is 1. The molecule has 0 unspecified atom stereocenters. The van der Waals surface area contributed by atoms with Gasteiger partial charge in [0, 0.05) is 6.04 Å². The van der Waals surface area contributed by atoms with Crippen LogP contribution in [0.25, 0.3) is 0 Å². The van der Waals surface area contributed by atoms with E-state index in [0.717, 1.165) is 5.56 Å². The summed E-state index contributed by atoms with van der Waals surface area (Å²) < 4.78 is 0. The van der Waals surface area contributed by atoms with E-state index in [1.165, 1.54) is 0 Å². The standard InChI is InChI=1S/C10H15ClN4O/c1-5(2)14-15-10(16)9-8(12)6(3)4-7(11)13-9/h4-5,14H,12H2,1-3H3,(H,15,16). The van der Waals surface area contributed by atoms with Gasteiger partial charge in [-0.1, -0.05) is 11.6 Å². The molecule has 5 nitrogen and oxygen atoms in total. The predicted octanol–water partition coefficient (Wildman–Crippen LogP) is 1.27. The van der Waals surface area contributed by atoms with Crippen LogP contribution in [-0.2, 0) is 0 Å². The number of aryl methyl sites for hydroxylation is 1. The summed E-state index contributed by atoms with van der Waals surface area (Å²) in [5, 5.41) is 0.251. The first-order valence-corrected chi connectivity index (χ1v) is 5.28. The number of rotatable bonds is 3. The molecule has 0 bridgehead atoms. The lowest BCUT2D eigenvalue weighted by Crippen LogP contribution is -2.42. The molecule has 0 saturated heterocycles. The fourth-order valence-electron chi connectivity index (χ4n) is 1.08. The summed E-state index contributed by atoms with van der Waals surface area (Å²) in [7, 11) is 0. The summed E-state index contributed by atoms with van der Waals surface area (Å²) in [5.74, 6) is -0.392. The molecular weight excluding hydrogens is 228 g/mol. The number of hydrogen-bond acceptors (Lipinski definition) is 4. The van der Waals surface area contributed by atoms with Crippen molar-refractivity contribution in [3.63, 3.8) is 0 Å². The van der Waals surface area contributed by atoms with Gasteiger partial charge >= 0.3 is 0 Å². The van der Waals surface area contributed by atoms with Gasteiger partial charge in [0.25, 0.3) is 5.91 Å². The number of hydrogen-bond donors (Lipinski definition) is 3. The van der Waals surface area contributed by atoms with Crippen LogP contribution in [0, 0.1) is 6.92 Å². The van der Waals surface area contributed by atoms with E-state index in [2.05, 4.69) is 15.8 Å². The Kier molecular flexibility index (Phi) is 4.09. The highest BCUT2D eigenvalue weighted by atomic mass is 35.5. The molecule has 0 aliphatic rings. The molecule has 0 aliphatic carbocycles. The molecular formula is C10H15ClN4O. The average molecular weight is 243 g/mol. The first-order valence-electron chi connectivity index (χ1n) is 4.90. The minimum atomic E-state index is -0.392. The Balaban J connectivity index is 2.91. The van der Waals surface area contributed by atoms with Crippen LogP contribution in [0.15, 0.2) is 6.07 Å². The number of halogens is 1. The zero-order valence-electron chi connectivity index (χ0n) is 9.47. The van der Waals surface area contributed by atoms with Gasteiger partial charge in [-0.25, -0.2) is 10.4 Å². The Morgan fingerprint density at radius 3 is 2.75 bits per heavy atom. The van der Waals surface area contributed by atoms with Gasteiger partial charge in [-0.05, 0) is 32.4 Å². The molecule has 0 aromatic carbocycles. The highest BCUT2D eigenvalue weighted by Gasteiger charge is 2.14. The molecule has 0 saturated carbocycles. The topological polar surface area (TPSA) is 80.0 Å². The lowest BCUT2D eigenvalue weighted by molar-refractivity contribution is 0.0923. The lowest BCUT2D eigenvalue weighted by Gasteiger charge is -2.11. The van der Waals surface area contributed by atoms with Gasteiger partial charge < -0.3 is 5.73 Å². The van der Waals surface area contributed by atoms with Crippen LogP contribution in [0.3, 0.4) is 0 Å². The zero-order chi connectivity index (χ0) is 12.3. The van der Waals surface area contributed by atoms with Crippen molar-refractivity contribution in [2.24, 2.45) is 0 Å². The van der Waals surface area contributed by atoms with Gasteiger partial charge in [0.2, 0.25) is 0 Å². The monoisotopic (exact) mass is 242 g/mol. The van der Waals surface area contributed by atoms with Crippen LogP contribution in [0.2, 0.25) is 5.15 Å². The number of anilines is 1. The van der Waals surface area contributed by atoms with Crippen LogP contribution in [-0.4, -0.2) is 16.9 Å². The summed E-state index contributed by atoms with van der Waals surface area (Å²) >= 11 is 5.76. The smallest absolute Gasteiger partial charge is 0.286 e. The number of hydrazine groups is 1. The second-order valence-corrected chi connectivity index (χ2v) is 4.16. The number of nitrogens with zero attached hydrogens (tertiary/aromatic N) is 1. The number of nitrogens with one attached hydrogen (secondary N) is 2. The second-order valence-electron chi connectivity index (χ2n) is 3.78. The molecule has 1 rings (SSSR count).